The Morgan fingerprint density at radius 3 is 2.50 bits per heavy atom. The summed E-state index contributed by atoms with van der Waals surface area (Å²) in [5.74, 6) is 2.20. The van der Waals surface area contributed by atoms with Gasteiger partial charge in [0.25, 0.3) is 5.91 Å². The Kier molecular flexibility index (Phi) is 7.37. The summed E-state index contributed by atoms with van der Waals surface area (Å²) in [6, 6.07) is 11.0. The molecule has 2 aromatic carbocycles. The molecule has 1 aliphatic rings. The van der Waals surface area contributed by atoms with Crippen LogP contribution in [0.25, 0.3) is 0 Å². The number of thiophene rings is 1. The molecule has 0 fully saturated rings. The second-order valence-electron chi connectivity index (χ2n) is 7.63. The molecule has 3 aromatic rings. The highest BCUT2D eigenvalue weighted by molar-refractivity contribution is 7.16. The molecule has 7 nitrogen and oxygen atoms in total. The van der Waals surface area contributed by atoms with Crippen molar-refractivity contribution in [3.8, 4) is 23.0 Å². The number of amides is 1. The number of para-hydroxylation sites is 2. The van der Waals surface area contributed by atoms with Crippen molar-refractivity contribution in [1.82, 2.24) is 0 Å². The van der Waals surface area contributed by atoms with E-state index < -0.39 is 0 Å². The molecule has 8 heteroatoms. The highest BCUT2D eigenvalue weighted by atomic mass is 32.1. The van der Waals surface area contributed by atoms with Gasteiger partial charge in [-0.2, -0.15) is 0 Å². The van der Waals surface area contributed by atoms with Gasteiger partial charge in [-0.25, -0.2) is 4.99 Å². The van der Waals surface area contributed by atoms with Crippen molar-refractivity contribution in [3.05, 3.63) is 58.0 Å². The number of rotatable bonds is 9. The molecule has 0 spiro atoms. The van der Waals surface area contributed by atoms with Crippen molar-refractivity contribution in [3.63, 3.8) is 0 Å². The first-order valence-electron chi connectivity index (χ1n) is 11.1. The Bertz CT molecular complexity index is 1220. The van der Waals surface area contributed by atoms with Gasteiger partial charge in [0.05, 0.1) is 39.2 Å². The third-order valence-corrected chi connectivity index (χ3v) is 6.82. The van der Waals surface area contributed by atoms with Crippen LogP contribution in [0, 0.1) is 0 Å². The zero-order valence-corrected chi connectivity index (χ0v) is 20.6. The van der Waals surface area contributed by atoms with Crippen molar-refractivity contribution >= 4 is 34.1 Å². The minimum Gasteiger partial charge on any atom is -0.496 e. The van der Waals surface area contributed by atoms with Gasteiger partial charge in [-0.05, 0) is 49.9 Å². The number of anilines is 1. The molecule has 0 radical (unpaired) electrons. The van der Waals surface area contributed by atoms with Gasteiger partial charge < -0.3 is 24.3 Å². The minimum atomic E-state index is -0.182. The summed E-state index contributed by atoms with van der Waals surface area (Å²) in [6.45, 7) is 2.43. The van der Waals surface area contributed by atoms with Gasteiger partial charge >= 0.3 is 0 Å². The molecular formula is C26H28N2O5S. The zero-order valence-electron chi connectivity index (χ0n) is 19.8. The number of fused-ring (bicyclic) bond motifs is 1. The lowest BCUT2D eigenvalue weighted by Gasteiger charge is -2.12. The van der Waals surface area contributed by atoms with Crippen LogP contribution < -0.4 is 24.3 Å². The van der Waals surface area contributed by atoms with Gasteiger partial charge in [-0.3, -0.25) is 4.79 Å². The number of aliphatic imine (C=N–C) groups is 1. The highest BCUT2D eigenvalue weighted by Crippen LogP contribution is 2.42. The van der Waals surface area contributed by atoms with Crippen molar-refractivity contribution in [2.24, 2.45) is 4.99 Å². The molecule has 1 heterocycles. The Balaban J connectivity index is 1.69. The quantitative estimate of drug-likeness (QED) is 0.400. The average molecular weight is 481 g/mol. The monoisotopic (exact) mass is 480 g/mol. The lowest BCUT2D eigenvalue weighted by atomic mass is 10.1. The lowest BCUT2D eigenvalue weighted by molar-refractivity contribution is 0.102. The van der Waals surface area contributed by atoms with Crippen LogP contribution in [0.5, 0.6) is 23.0 Å². The molecule has 0 bridgehead atoms. The average Bonchev–Trinajstić information content (AvgIpc) is 3.44. The van der Waals surface area contributed by atoms with Crippen LogP contribution in [-0.4, -0.2) is 40.1 Å². The summed E-state index contributed by atoms with van der Waals surface area (Å²) >= 11 is 1.57. The molecule has 0 saturated heterocycles. The maximum atomic E-state index is 13.4. The molecule has 0 atom stereocenters. The van der Waals surface area contributed by atoms with Crippen LogP contribution in [-0.2, 0) is 12.8 Å². The predicted octanol–water partition coefficient (Wildman–Crippen LogP) is 5.66. The van der Waals surface area contributed by atoms with Crippen LogP contribution in [0.1, 0.15) is 39.7 Å². The van der Waals surface area contributed by atoms with Gasteiger partial charge in [0.1, 0.15) is 16.5 Å². The second kappa shape index (κ2) is 10.6. The fourth-order valence-corrected chi connectivity index (χ4v) is 5.26. The Morgan fingerprint density at radius 1 is 1.03 bits per heavy atom. The first kappa shape index (κ1) is 23.6. The van der Waals surface area contributed by atoms with Crippen molar-refractivity contribution in [2.75, 3.05) is 33.3 Å². The molecule has 0 saturated carbocycles. The summed E-state index contributed by atoms with van der Waals surface area (Å²) < 4.78 is 22.0. The van der Waals surface area contributed by atoms with E-state index in [2.05, 4.69) is 5.32 Å². The number of benzene rings is 2. The molecule has 1 amide bonds. The van der Waals surface area contributed by atoms with E-state index in [9.17, 15) is 4.79 Å². The third kappa shape index (κ3) is 4.72. The summed E-state index contributed by atoms with van der Waals surface area (Å²) in [5.41, 5.74) is 3.08. The minimum absolute atomic E-state index is 0.182. The van der Waals surface area contributed by atoms with Gasteiger partial charge in [0.2, 0.25) is 0 Å². The lowest BCUT2D eigenvalue weighted by Crippen LogP contribution is -2.14. The number of nitrogens with one attached hydrogen (secondary N) is 1. The highest BCUT2D eigenvalue weighted by Gasteiger charge is 2.27. The third-order valence-electron chi connectivity index (χ3n) is 5.62. The number of carbonyl (C=O) groups is 1. The van der Waals surface area contributed by atoms with E-state index in [1.54, 1.807) is 51.0 Å². The number of carbonyl (C=O) groups excluding carboxylic acids is 1. The normalized spacial score (nSPS) is 12.5. The van der Waals surface area contributed by atoms with E-state index in [-0.39, 0.29) is 5.91 Å². The molecule has 4 rings (SSSR count). The smallest absolute Gasteiger partial charge is 0.259 e. The first-order chi connectivity index (χ1) is 16.6. The molecule has 0 aliphatic heterocycles. The topological polar surface area (TPSA) is 78.4 Å². The number of methoxy groups -OCH3 is 3. The van der Waals surface area contributed by atoms with Crippen LogP contribution in [0.2, 0.25) is 0 Å². The number of nitrogens with zero attached hydrogens (tertiary/aromatic N) is 1. The molecule has 34 heavy (non-hydrogen) atoms. The van der Waals surface area contributed by atoms with Gasteiger partial charge in [-0.15, -0.1) is 11.3 Å². The van der Waals surface area contributed by atoms with Crippen molar-refractivity contribution in [1.29, 1.82) is 0 Å². The SMILES string of the molecule is CCOc1ccccc1NC(=O)c1c(/N=C/c2cc(OC)c(OC)cc2OC)sc2c1CCC2. The molecule has 1 aromatic heterocycles. The second-order valence-corrected chi connectivity index (χ2v) is 8.71. The van der Waals surface area contributed by atoms with Crippen LogP contribution in [0.15, 0.2) is 41.4 Å². The van der Waals surface area contributed by atoms with E-state index >= 15 is 0 Å². The van der Waals surface area contributed by atoms with Crippen LogP contribution in [0.4, 0.5) is 10.7 Å². The fraction of sp³-hybridized carbons (Fsp3) is 0.308. The predicted molar refractivity (Wildman–Crippen MR) is 135 cm³/mol. The van der Waals surface area contributed by atoms with Crippen LogP contribution in [0.3, 0.4) is 0 Å². The Hall–Kier alpha value is -3.52. The van der Waals surface area contributed by atoms with Gasteiger partial charge in [0.15, 0.2) is 11.5 Å². The summed E-state index contributed by atoms with van der Waals surface area (Å²) in [5, 5.41) is 3.70. The zero-order chi connectivity index (χ0) is 24.1. The van der Waals surface area contributed by atoms with E-state index in [1.807, 2.05) is 31.2 Å². The summed E-state index contributed by atoms with van der Waals surface area (Å²) in [4.78, 5) is 19.4. The van der Waals surface area contributed by atoms with Crippen LogP contribution >= 0.6 is 11.3 Å². The summed E-state index contributed by atoms with van der Waals surface area (Å²) in [6.07, 6.45) is 4.58. The molecule has 178 valence electrons. The molecule has 0 unspecified atom stereocenters. The molecule has 1 aliphatic carbocycles. The number of hydrogen-bond donors (Lipinski definition) is 1. The Morgan fingerprint density at radius 2 is 1.76 bits per heavy atom. The van der Waals surface area contributed by atoms with Gasteiger partial charge in [0, 0.05) is 22.7 Å². The maximum Gasteiger partial charge on any atom is 0.259 e. The maximum absolute atomic E-state index is 13.4. The fourth-order valence-electron chi connectivity index (χ4n) is 4.03. The molecular weight excluding hydrogens is 452 g/mol. The van der Waals surface area contributed by atoms with Crippen molar-refractivity contribution in [2.45, 2.75) is 26.2 Å². The van der Waals surface area contributed by atoms with E-state index in [0.717, 1.165) is 30.4 Å². The van der Waals surface area contributed by atoms with E-state index in [1.165, 1.54) is 4.88 Å². The Labute approximate surface area is 203 Å². The van der Waals surface area contributed by atoms with Crippen molar-refractivity contribution < 1.29 is 23.7 Å². The van der Waals surface area contributed by atoms with E-state index in [4.69, 9.17) is 23.9 Å². The molecule has 1 N–H and O–H groups in total. The number of hydrogen-bond acceptors (Lipinski definition) is 7. The standard InChI is InChI=1S/C26H28N2O5S/c1-5-33-19-11-7-6-10-18(19)28-25(29)24-17-9-8-12-23(17)34-26(24)27-15-16-13-21(31-3)22(32-4)14-20(16)30-2/h6-7,10-11,13-15H,5,8-9,12H2,1-4H3,(H,28,29)/b27-15+. The summed E-state index contributed by atoms with van der Waals surface area (Å²) in [7, 11) is 4.75. The van der Waals surface area contributed by atoms with Gasteiger partial charge in [-0.1, -0.05) is 12.1 Å². The largest absolute Gasteiger partial charge is 0.496 e. The number of aryl methyl sites for hydroxylation is 1. The first-order valence-corrected chi connectivity index (χ1v) is 11.9. The number of ether oxygens (including phenoxy) is 4. The van der Waals surface area contributed by atoms with E-state index in [0.29, 0.717) is 45.9 Å².